The van der Waals surface area contributed by atoms with E-state index in [1.165, 1.54) is 188 Å². The number of quaternary nitrogens is 2. The van der Waals surface area contributed by atoms with Crippen molar-refractivity contribution in [3.63, 3.8) is 0 Å². The average molecular weight is 1190 g/mol. The molecule has 4 N–H and O–H groups in total. The number of nitrogens with zero attached hydrogens (tertiary/aromatic N) is 4. The molecule has 0 heterocycles. The summed E-state index contributed by atoms with van der Waals surface area (Å²) in [6.07, 6.45) is 33.8. The number of phenolic OH excluding ortho intramolecular Hbond substituents is 2. The number of carboxylic acid groups (broad SMARTS) is 2. The number of hydrogen-bond acceptors (Lipinski definition) is 5. The van der Waals surface area contributed by atoms with E-state index in [1.54, 1.807) is 0 Å². The van der Waals surface area contributed by atoms with E-state index in [0.29, 0.717) is 11.5 Å². The van der Waals surface area contributed by atoms with E-state index in [-0.39, 0.29) is 74.4 Å². The van der Waals surface area contributed by atoms with Gasteiger partial charge in [0.2, 0.25) is 0 Å². The molecular weight excluding hydrogens is 1050 g/mol. The van der Waals surface area contributed by atoms with Gasteiger partial charge in [-0.2, -0.15) is 0 Å². The number of unbranched alkanes of at least 4 members (excludes halogenated alkanes) is 8. The molecule has 10 heteroatoms. The normalized spacial score (nSPS) is 15.0. The molecule has 2 atom stereocenters. The molecule has 1 fully saturated rings. The summed E-state index contributed by atoms with van der Waals surface area (Å²) in [6.45, 7) is 43.2. The Bertz CT molecular complexity index is 1920. The van der Waals surface area contributed by atoms with Gasteiger partial charge >= 0.3 is 6.16 Å². The third kappa shape index (κ3) is 28.1. The zero-order valence-corrected chi connectivity index (χ0v) is 58.0. The van der Waals surface area contributed by atoms with Gasteiger partial charge in [0.25, 0.3) is 0 Å². The topological polar surface area (TPSA) is 123 Å². The van der Waals surface area contributed by atoms with Gasteiger partial charge in [0, 0.05) is 40.9 Å². The molecule has 9 nitrogen and oxygen atoms in total. The molecule has 1 aliphatic carbocycles. The van der Waals surface area contributed by atoms with Crippen LogP contribution in [0.1, 0.15) is 309 Å². The summed E-state index contributed by atoms with van der Waals surface area (Å²) in [5.41, 5.74) is 6.56. The van der Waals surface area contributed by atoms with Gasteiger partial charge in [-0.05, 0) is 147 Å². The number of rotatable bonds is 40. The first kappa shape index (κ1) is 83.3. The number of phenols is 2. The van der Waals surface area contributed by atoms with Crippen molar-refractivity contribution in [2.24, 2.45) is 9.98 Å². The molecule has 0 bridgehead atoms. The Morgan fingerprint density at radius 2 is 0.732 bits per heavy atom. The van der Waals surface area contributed by atoms with Gasteiger partial charge in [-0.3, -0.25) is 9.98 Å². The third-order valence-corrected chi connectivity index (χ3v) is 18.3. The molecule has 0 saturated heterocycles. The number of hydrogen-bond donors (Lipinski definition) is 4. The Hall–Kier alpha value is -2.90. The summed E-state index contributed by atoms with van der Waals surface area (Å²) >= 11 is 0. The molecular formula is C72H133CrN4O5-. The monoisotopic (exact) mass is 1190 g/mol. The summed E-state index contributed by atoms with van der Waals surface area (Å²) in [6, 6.07) is 9.37. The van der Waals surface area contributed by atoms with Gasteiger partial charge in [-0.25, -0.2) is 4.79 Å². The predicted octanol–water partition coefficient (Wildman–Crippen LogP) is 20.7. The van der Waals surface area contributed by atoms with Gasteiger partial charge in [0.05, 0.1) is 64.4 Å². The van der Waals surface area contributed by atoms with Crippen LogP contribution in [0.4, 0.5) is 4.79 Å². The molecule has 82 heavy (non-hydrogen) atoms. The first-order valence-electron chi connectivity index (χ1n) is 32.7. The van der Waals surface area contributed by atoms with Crippen molar-refractivity contribution in [1.29, 1.82) is 0 Å². The fourth-order valence-electron chi connectivity index (χ4n) is 12.8. The van der Waals surface area contributed by atoms with Crippen molar-refractivity contribution in [2.45, 2.75) is 299 Å². The molecule has 1 saturated carbocycles. The van der Waals surface area contributed by atoms with Gasteiger partial charge in [-0.1, -0.05) is 186 Å². The maximum atomic E-state index is 12.2. The van der Waals surface area contributed by atoms with Gasteiger partial charge in [-0.15, -0.1) is 0 Å². The number of carbonyl (C=O) groups is 1. The maximum absolute atomic E-state index is 12.2. The van der Waals surface area contributed by atoms with Crippen LogP contribution in [-0.2, 0) is 28.2 Å². The van der Waals surface area contributed by atoms with Crippen molar-refractivity contribution in [3.05, 3.63) is 79.9 Å². The number of aliphatic imine (C=N–C) groups is 2. The van der Waals surface area contributed by atoms with Crippen LogP contribution in [0.25, 0.3) is 0 Å². The molecule has 2 unspecified atom stereocenters. The van der Waals surface area contributed by atoms with Crippen LogP contribution < -0.4 is 0 Å². The largest absolute Gasteiger partial charge is 0.507 e. The van der Waals surface area contributed by atoms with Crippen LogP contribution in [0.15, 0.2) is 34.3 Å². The minimum atomic E-state index is -1.83. The first-order valence-corrected chi connectivity index (χ1v) is 32.7. The summed E-state index contributed by atoms with van der Waals surface area (Å²) < 4.78 is 2.57. The SMILES string of the molecule is CCCCC(C)(CCCC)c1cc(C=NC2CCCCC2N=Cc2cc(C(C)(CCC[N+](CCCC)(CCCC)CCCC)CCC[N+](CCCC)(CCCC)CCCC)cc(C(C)C)c2O)c(O)c(C(C)C)c1.O=C(O)O.[CH3-].[CH3-].[CH3-].[Cr]. The molecule has 0 spiro atoms. The Kier molecular flexibility index (Phi) is 45.3. The van der Waals surface area contributed by atoms with E-state index in [1.807, 2.05) is 12.4 Å². The van der Waals surface area contributed by atoms with Gasteiger partial charge in [0.15, 0.2) is 0 Å². The van der Waals surface area contributed by atoms with Crippen LogP contribution >= 0.6 is 0 Å². The van der Waals surface area contributed by atoms with Gasteiger partial charge in [0.1, 0.15) is 11.5 Å². The van der Waals surface area contributed by atoms with Crippen molar-refractivity contribution in [2.75, 3.05) is 52.4 Å². The molecule has 0 aliphatic heterocycles. The van der Waals surface area contributed by atoms with Crippen LogP contribution in [0, 0.1) is 22.3 Å². The molecule has 3 rings (SSSR count). The summed E-state index contributed by atoms with van der Waals surface area (Å²) in [5.74, 6) is 1.17. The fourth-order valence-corrected chi connectivity index (χ4v) is 12.8. The Labute approximate surface area is 519 Å². The molecule has 0 radical (unpaired) electrons. The first-order chi connectivity index (χ1) is 37.2. The van der Waals surface area contributed by atoms with E-state index in [9.17, 15) is 10.2 Å². The maximum Gasteiger partial charge on any atom is 0.503 e. The molecule has 0 amide bonds. The predicted molar refractivity (Wildman–Crippen MR) is 357 cm³/mol. The Morgan fingerprint density at radius 1 is 0.488 bits per heavy atom. The summed E-state index contributed by atoms with van der Waals surface area (Å²) in [4.78, 5) is 19.3. The molecule has 478 valence electrons. The van der Waals surface area contributed by atoms with E-state index < -0.39 is 6.16 Å². The van der Waals surface area contributed by atoms with Crippen molar-refractivity contribution in [1.82, 2.24) is 0 Å². The Morgan fingerprint density at radius 3 is 0.976 bits per heavy atom. The minimum absolute atomic E-state index is 0. The van der Waals surface area contributed by atoms with E-state index >= 15 is 0 Å². The molecule has 0 aromatic heterocycles. The van der Waals surface area contributed by atoms with Crippen LogP contribution in [0.5, 0.6) is 11.5 Å². The van der Waals surface area contributed by atoms with Gasteiger partial charge < -0.3 is 51.7 Å². The van der Waals surface area contributed by atoms with Crippen LogP contribution in [-0.4, -0.2) is 112 Å². The smallest absolute Gasteiger partial charge is 0.503 e. The van der Waals surface area contributed by atoms with Crippen molar-refractivity contribution >= 4 is 18.6 Å². The molecule has 2 aromatic rings. The Balaban J connectivity index is -0.00000754. The van der Waals surface area contributed by atoms with Crippen molar-refractivity contribution in [3.8, 4) is 11.5 Å². The molecule has 2 aromatic carbocycles. The van der Waals surface area contributed by atoms with Crippen molar-refractivity contribution < 1.29 is 51.5 Å². The van der Waals surface area contributed by atoms with E-state index in [2.05, 4.69) is 121 Å². The number of benzene rings is 2. The standard InChI is InChI=1S/C68H120N4O2.CH2O3.3CH3.Cr/c1-15-23-37-67(13,38-24-16-2)59-49-57(65(73)61(51-59)55(9)10)53-69-63-35-31-32-36-64(63)70-54-58-50-60(52-62(56(11)12)66(58)74)68(14,39-33-47-71(41-25-17-3,42-26-18-4)43-27-19-5)40-34-48-72(44-28-20-6,45-29-21-7)46-30-22-8;2-1(3)4;;;;/h49-56,63-64H,15-48H2,1-14H3;(H2,2,3,4);3*1H3;/q;;3*-1;/p+2. The summed E-state index contributed by atoms with van der Waals surface area (Å²) in [5, 5.41) is 37.9. The fraction of sp³-hybridized carbons (Fsp3) is 0.750. The quantitative estimate of drug-likeness (QED) is 0.0301. The zero-order chi connectivity index (χ0) is 58.2. The second kappa shape index (κ2) is 44.5. The van der Waals surface area contributed by atoms with Crippen LogP contribution in [0.2, 0.25) is 0 Å². The average Bonchev–Trinajstić information content (AvgIpc) is 3.42. The van der Waals surface area contributed by atoms with E-state index in [0.717, 1.165) is 73.6 Å². The second-order valence-electron chi connectivity index (χ2n) is 25.7. The molecule has 1 aliphatic rings. The third-order valence-electron chi connectivity index (χ3n) is 18.3. The minimum Gasteiger partial charge on any atom is -0.507 e. The van der Waals surface area contributed by atoms with Crippen LogP contribution in [0.3, 0.4) is 0 Å². The zero-order valence-electron chi connectivity index (χ0n) is 56.7. The second-order valence-corrected chi connectivity index (χ2v) is 25.7. The number of aromatic hydroxyl groups is 2. The van der Waals surface area contributed by atoms with E-state index in [4.69, 9.17) is 25.0 Å². The summed E-state index contributed by atoms with van der Waals surface area (Å²) in [7, 11) is 0.